The predicted octanol–water partition coefficient (Wildman–Crippen LogP) is -0.578. The summed E-state index contributed by atoms with van der Waals surface area (Å²) in [6.45, 7) is 0.346. The van der Waals surface area contributed by atoms with Gasteiger partial charge < -0.3 is 20.9 Å². The molecule has 1 aromatic heterocycles. The Labute approximate surface area is 109 Å². The van der Waals surface area contributed by atoms with Crippen LogP contribution >= 0.6 is 0 Å². The maximum atomic E-state index is 11.8. The summed E-state index contributed by atoms with van der Waals surface area (Å²) in [5, 5.41) is 11.6. The topological polar surface area (TPSA) is 115 Å². The number of carbonyl (C=O) groups excluding carboxylic acids is 1. The number of nitrogens with one attached hydrogen (secondary N) is 1. The van der Waals surface area contributed by atoms with E-state index in [-0.39, 0.29) is 25.5 Å². The van der Waals surface area contributed by atoms with Crippen molar-refractivity contribution in [2.45, 2.75) is 12.5 Å². The Kier molecular flexibility index (Phi) is 3.96. The van der Waals surface area contributed by atoms with Crippen LogP contribution in [-0.4, -0.2) is 41.2 Å². The number of hydrogen-bond donors (Lipinski definition) is 3. The van der Waals surface area contributed by atoms with E-state index in [0.29, 0.717) is 11.4 Å². The van der Waals surface area contributed by atoms with E-state index < -0.39 is 17.9 Å². The molecule has 1 fully saturated rings. The first-order chi connectivity index (χ1) is 9.06. The summed E-state index contributed by atoms with van der Waals surface area (Å²) >= 11 is 0. The molecule has 7 nitrogen and oxygen atoms in total. The quantitative estimate of drug-likeness (QED) is 0.671. The molecule has 2 unspecified atom stereocenters. The number of amides is 1. The molecule has 0 aliphatic carbocycles. The van der Waals surface area contributed by atoms with Crippen molar-refractivity contribution in [1.82, 2.24) is 10.3 Å². The number of hydrogen-bond acceptors (Lipinski definition) is 5. The number of ether oxygens (including phenoxy) is 1. The van der Waals surface area contributed by atoms with Crippen LogP contribution in [-0.2, 0) is 20.7 Å². The summed E-state index contributed by atoms with van der Waals surface area (Å²) in [6.07, 6.45) is 1.56. The highest BCUT2D eigenvalue weighted by Crippen LogP contribution is 2.14. The lowest BCUT2D eigenvalue weighted by atomic mass is 10.0. The van der Waals surface area contributed by atoms with Gasteiger partial charge in [0.25, 0.3) is 0 Å². The van der Waals surface area contributed by atoms with Gasteiger partial charge in [-0.2, -0.15) is 0 Å². The van der Waals surface area contributed by atoms with Crippen molar-refractivity contribution < 1.29 is 19.4 Å². The Balaban J connectivity index is 1.90. The largest absolute Gasteiger partial charge is 0.481 e. The molecule has 0 radical (unpaired) electrons. The number of rotatable bonds is 4. The Bertz CT molecular complexity index is 474. The van der Waals surface area contributed by atoms with Crippen molar-refractivity contribution in [2.24, 2.45) is 5.92 Å². The highest BCUT2D eigenvalue weighted by Gasteiger charge is 2.34. The monoisotopic (exact) mass is 265 g/mol. The maximum Gasteiger partial charge on any atom is 0.311 e. The van der Waals surface area contributed by atoms with Gasteiger partial charge >= 0.3 is 5.97 Å². The number of nitrogens with zero attached hydrogens (tertiary/aromatic N) is 1. The molecule has 4 N–H and O–H groups in total. The van der Waals surface area contributed by atoms with Gasteiger partial charge in [0.15, 0.2) is 0 Å². The van der Waals surface area contributed by atoms with Crippen molar-refractivity contribution in [3.8, 4) is 0 Å². The third-order valence-corrected chi connectivity index (χ3v) is 2.93. The molecule has 7 heteroatoms. The molecule has 1 saturated heterocycles. The van der Waals surface area contributed by atoms with Crippen molar-refractivity contribution >= 4 is 17.6 Å². The summed E-state index contributed by atoms with van der Waals surface area (Å²) in [7, 11) is 0. The van der Waals surface area contributed by atoms with Crippen LogP contribution in [0, 0.1) is 5.92 Å². The van der Waals surface area contributed by atoms with Crippen molar-refractivity contribution in [3.05, 3.63) is 24.0 Å². The van der Waals surface area contributed by atoms with Crippen LogP contribution in [0.15, 0.2) is 18.3 Å². The zero-order valence-corrected chi connectivity index (χ0v) is 10.2. The van der Waals surface area contributed by atoms with Gasteiger partial charge in [0.1, 0.15) is 5.92 Å². The van der Waals surface area contributed by atoms with Crippen LogP contribution in [0.4, 0.5) is 5.69 Å². The van der Waals surface area contributed by atoms with Crippen LogP contribution in [0.2, 0.25) is 0 Å². The highest BCUT2D eigenvalue weighted by atomic mass is 16.5. The first kappa shape index (κ1) is 13.3. The molecule has 1 aliphatic rings. The summed E-state index contributed by atoms with van der Waals surface area (Å²) in [5.74, 6) is -1.93. The van der Waals surface area contributed by atoms with E-state index in [1.807, 2.05) is 0 Å². The summed E-state index contributed by atoms with van der Waals surface area (Å²) in [6, 6.07) is 2.84. The van der Waals surface area contributed by atoms with E-state index in [1.165, 1.54) is 6.20 Å². The van der Waals surface area contributed by atoms with Crippen LogP contribution in [0.3, 0.4) is 0 Å². The minimum atomic E-state index is -0.964. The molecule has 102 valence electrons. The molecular weight excluding hydrogens is 250 g/mol. The fourth-order valence-corrected chi connectivity index (χ4v) is 1.90. The minimum Gasteiger partial charge on any atom is -0.481 e. The molecule has 0 bridgehead atoms. The van der Waals surface area contributed by atoms with Crippen molar-refractivity contribution in [1.29, 1.82) is 0 Å². The molecule has 2 heterocycles. The van der Waals surface area contributed by atoms with Gasteiger partial charge in [0.2, 0.25) is 5.91 Å². The van der Waals surface area contributed by atoms with Gasteiger partial charge in [-0.3, -0.25) is 14.6 Å². The summed E-state index contributed by atoms with van der Waals surface area (Å²) in [4.78, 5) is 26.7. The van der Waals surface area contributed by atoms with Crippen LogP contribution in [0.1, 0.15) is 5.69 Å². The van der Waals surface area contributed by atoms with Gasteiger partial charge in [-0.05, 0) is 12.1 Å². The van der Waals surface area contributed by atoms with E-state index in [1.54, 1.807) is 12.1 Å². The SMILES string of the molecule is Nc1ccc(CC(=O)NC2COCC2C(=O)O)nc1. The molecule has 0 spiro atoms. The number of carboxylic acids is 1. The molecule has 1 aliphatic heterocycles. The summed E-state index contributed by atoms with van der Waals surface area (Å²) in [5.41, 5.74) is 6.60. The number of nitrogens with two attached hydrogens (primary N) is 1. The van der Waals surface area contributed by atoms with E-state index >= 15 is 0 Å². The normalized spacial score (nSPS) is 22.1. The fourth-order valence-electron chi connectivity index (χ4n) is 1.90. The second kappa shape index (κ2) is 5.66. The third kappa shape index (κ3) is 3.41. The van der Waals surface area contributed by atoms with Crippen LogP contribution < -0.4 is 11.1 Å². The van der Waals surface area contributed by atoms with Gasteiger partial charge in [0, 0.05) is 5.69 Å². The fraction of sp³-hybridized carbons (Fsp3) is 0.417. The van der Waals surface area contributed by atoms with Crippen LogP contribution in [0.25, 0.3) is 0 Å². The van der Waals surface area contributed by atoms with Crippen molar-refractivity contribution in [3.63, 3.8) is 0 Å². The number of anilines is 1. The number of carboxylic acid groups (broad SMARTS) is 1. The van der Waals surface area contributed by atoms with E-state index in [0.717, 1.165) is 0 Å². The lowest BCUT2D eigenvalue weighted by Crippen LogP contribution is -2.43. The first-order valence-corrected chi connectivity index (χ1v) is 5.86. The average Bonchev–Trinajstić information content (AvgIpc) is 2.80. The summed E-state index contributed by atoms with van der Waals surface area (Å²) < 4.78 is 5.07. The zero-order chi connectivity index (χ0) is 13.8. The van der Waals surface area contributed by atoms with Gasteiger partial charge in [0.05, 0.1) is 37.6 Å². The lowest BCUT2D eigenvalue weighted by Gasteiger charge is -2.15. The number of aliphatic carboxylic acids is 1. The molecule has 19 heavy (non-hydrogen) atoms. The number of nitrogen functional groups attached to an aromatic ring is 1. The van der Waals surface area contributed by atoms with E-state index in [9.17, 15) is 9.59 Å². The molecule has 1 aromatic rings. The Morgan fingerprint density at radius 1 is 1.47 bits per heavy atom. The molecular formula is C12H15N3O4. The van der Waals surface area contributed by atoms with E-state index in [4.69, 9.17) is 15.6 Å². The first-order valence-electron chi connectivity index (χ1n) is 5.86. The Morgan fingerprint density at radius 3 is 2.89 bits per heavy atom. The molecule has 0 saturated carbocycles. The Hall–Kier alpha value is -2.15. The highest BCUT2D eigenvalue weighted by molar-refractivity contribution is 5.80. The smallest absolute Gasteiger partial charge is 0.311 e. The third-order valence-electron chi connectivity index (χ3n) is 2.93. The molecule has 2 rings (SSSR count). The van der Waals surface area contributed by atoms with Crippen LogP contribution in [0.5, 0.6) is 0 Å². The lowest BCUT2D eigenvalue weighted by molar-refractivity contribution is -0.142. The number of pyridine rings is 1. The molecule has 1 amide bonds. The average molecular weight is 265 g/mol. The second-order valence-electron chi connectivity index (χ2n) is 4.42. The zero-order valence-electron chi connectivity index (χ0n) is 10.2. The molecule has 0 aromatic carbocycles. The minimum absolute atomic E-state index is 0.0864. The van der Waals surface area contributed by atoms with Gasteiger partial charge in [-0.1, -0.05) is 0 Å². The van der Waals surface area contributed by atoms with Gasteiger partial charge in [-0.15, -0.1) is 0 Å². The number of carbonyl (C=O) groups is 2. The standard InChI is InChI=1S/C12H15N3O4/c13-7-1-2-8(14-4-7)3-11(16)15-10-6-19-5-9(10)12(17)18/h1-2,4,9-10H,3,5-6,13H2,(H,15,16)(H,17,18). The van der Waals surface area contributed by atoms with Crippen molar-refractivity contribution in [2.75, 3.05) is 18.9 Å². The predicted molar refractivity (Wildman–Crippen MR) is 66.2 cm³/mol. The van der Waals surface area contributed by atoms with Gasteiger partial charge in [-0.25, -0.2) is 0 Å². The maximum absolute atomic E-state index is 11.8. The number of aromatic nitrogens is 1. The Morgan fingerprint density at radius 2 is 2.26 bits per heavy atom. The second-order valence-corrected chi connectivity index (χ2v) is 4.42. The molecule has 2 atom stereocenters. The van der Waals surface area contributed by atoms with E-state index in [2.05, 4.69) is 10.3 Å².